The minimum atomic E-state index is -0.740. The minimum absolute atomic E-state index is 0.00421. The van der Waals surface area contributed by atoms with Gasteiger partial charge in [-0.25, -0.2) is 0 Å². The van der Waals surface area contributed by atoms with E-state index in [1.807, 2.05) is 12.1 Å². The van der Waals surface area contributed by atoms with Gasteiger partial charge in [0.15, 0.2) is 5.78 Å². The van der Waals surface area contributed by atoms with Gasteiger partial charge < -0.3 is 15.3 Å². The molecule has 0 unspecified atom stereocenters. The molecule has 0 saturated heterocycles. The Kier molecular flexibility index (Phi) is 2.58. The third-order valence-electron chi connectivity index (χ3n) is 5.61. The number of phenols is 2. The summed E-state index contributed by atoms with van der Waals surface area (Å²) in [5.74, 6) is 0.123. The van der Waals surface area contributed by atoms with Crippen LogP contribution in [0, 0.1) is 0 Å². The van der Waals surface area contributed by atoms with Crippen molar-refractivity contribution in [1.29, 1.82) is 0 Å². The number of aliphatic hydroxyl groups is 1. The Hall–Kier alpha value is -2.59. The van der Waals surface area contributed by atoms with Crippen molar-refractivity contribution in [3.05, 3.63) is 58.1 Å². The smallest absolute Gasteiger partial charge is 0.167 e. The molecule has 0 heterocycles. The first-order valence-electron chi connectivity index (χ1n) is 8.20. The van der Waals surface area contributed by atoms with Gasteiger partial charge in [-0.05, 0) is 52.8 Å². The van der Waals surface area contributed by atoms with Crippen LogP contribution in [0.4, 0.5) is 0 Å². The maximum absolute atomic E-state index is 12.3. The standard InChI is InChI=1S/C20H16O4/c21-13-3-1-2-10-17-11-5-7-15(23)20-14(22)6-4-9(18(11)20)12(17)8-16(24)19(10)13/h1-4,6,12,16,21-22,24H,5,7-8H2/t12-,16+/m0/s1. The summed E-state index contributed by atoms with van der Waals surface area (Å²) in [6.07, 6.45) is 0.760. The predicted molar refractivity (Wildman–Crippen MR) is 88.9 cm³/mol. The number of hydrogen-bond acceptors (Lipinski definition) is 4. The molecule has 4 nitrogen and oxygen atoms in total. The Morgan fingerprint density at radius 3 is 2.62 bits per heavy atom. The fourth-order valence-corrected chi connectivity index (χ4v) is 4.70. The SMILES string of the molecule is O=C1CCC2=C3c4cccc(O)c4[C@H](O)C[C@H]3c3ccc(O)c1c32. The van der Waals surface area contributed by atoms with Crippen molar-refractivity contribution in [2.75, 3.05) is 0 Å². The summed E-state index contributed by atoms with van der Waals surface area (Å²) in [7, 11) is 0. The zero-order chi connectivity index (χ0) is 16.6. The highest BCUT2D eigenvalue weighted by molar-refractivity contribution is 6.13. The topological polar surface area (TPSA) is 77.8 Å². The molecule has 5 rings (SSSR count). The molecular formula is C20H16O4. The number of carbonyl (C=O) groups is 1. The van der Waals surface area contributed by atoms with E-state index in [2.05, 4.69) is 0 Å². The first-order valence-corrected chi connectivity index (χ1v) is 8.20. The summed E-state index contributed by atoms with van der Waals surface area (Å²) in [6, 6.07) is 8.76. The molecule has 3 aliphatic rings. The van der Waals surface area contributed by atoms with Crippen LogP contribution in [0.1, 0.15) is 63.9 Å². The molecule has 0 aromatic heterocycles. The molecule has 24 heavy (non-hydrogen) atoms. The first kappa shape index (κ1) is 13.8. The minimum Gasteiger partial charge on any atom is -0.508 e. The highest BCUT2D eigenvalue weighted by Crippen LogP contribution is 2.59. The van der Waals surface area contributed by atoms with Gasteiger partial charge in [-0.15, -0.1) is 0 Å². The first-order chi connectivity index (χ1) is 11.6. The van der Waals surface area contributed by atoms with Crippen molar-refractivity contribution in [2.45, 2.75) is 31.3 Å². The summed E-state index contributed by atoms with van der Waals surface area (Å²) in [5, 5.41) is 31.0. The number of Topliss-reactive ketones (excluding diaryl/α,β-unsaturated/α-hetero) is 1. The Bertz CT molecular complexity index is 954. The number of ketones is 1. The normalized spacial score (nSPS) is 23.8. The Morgan fingerprint density at radius 2 is 1.79 bits per heavy atom. The molecule has 3 aliphatic carbocycles. The van der Waals surface area contributed by atoms with Gasteiger partial charge in [-0.3, -0.25) is 4.79 Å². The quantitative estimate of drug-likeness (QED) is 0.694. The molecule has 0 fully saturated rings. The number of benzene rings is 2. The summed E-state index contributed by atoms with van der Waals surface area (Å²) >= 11 is 0. The zero-order valence-electron chi connectivity index (χ0n) is 12.9. The molecule has 4 heteroatoms. The van der Waals surface area contributed by atoms with Crippen molar-refractivity contribution in [1.82, 2.24) is 0 Å². The monoisotopic (exact) mass is 320 g/mol. The van der Waals surface area contributed by atoms with Gasteiger partial charge >= 0.3 is 0 Å². The summed E-state index contributed by atoms with van der Waals surface area (Å²) in [6.45, 7) is 0. The number of allylic oxidation sites excluding steroid dienone is 2. The van der Waals surface area contributed by atoms with Crippen LogP contribution in [-0.4, -0.2) is 21.1 Å². The highest BCUT2D eigenvalue weighted by atomic mass is 16.3. The zero-order valence-corrected chi connectivity index (χ0v) is 12.9. The Morgan fingerprint density at radius 1 is 0.958 bits per heavy atom. The molecule has 120 valence electrons. The van der Waals surface area contributed by atoms with Gasteiger partial charge in [0.05, 0.1) is 11.7 Å². The maximum atomic E-state index is 12.3. The number of carbonyl (C=O) groups excluding carboxylic acids is 1. The average Bonchev–Trinajstić information content (AvgIpc) is 2.87. The van der Waals surface area contributed by atoms with Crippen LogP contribution in [0.15, 0.2) is 30.3 Å². The van der Waals surface area contributed by atoms with Gasteiger partial charge in [0.25, 0.3) is 0 Å². The number of rotatable bonds is 0. The Balaban J connectivity index is 1.87. The fraction of sp³-hybridized carbons (Fsp3) is 0.250. The fourth-order valence-electron chi connectivity index (χ4n) is 4.70. The number of fused-ring (bicyclic) bond motifs is 4. The van der Waals surface area contributed by atoms with Crippen LogP contribution in [-0.2, 0) is 0 Å². The third-order valence-corrected chi connectivity index (χ3v) is 5.61. The van der Waals surface area contributed by atoms with Crippen molar-refractivity contribution < 1.29 is 20.1 Å². The highest BCUT2D eigenvalue weighted by Gasteiger charge is 2.43. The molecular weight excluding hydrogens is 304 g/mol. The van der Waals surface area contributed by atoms with Crippen LogP contribution < -0.4 is 0 Å². The second kappa shape index (κ2) is 4.48. The van der Waals surface area contributed by atoms with Crippen LogP contribution >= 0.6 is 0 Å². The summed E-state index contributed by atoms with van der Waals surface area (Å²) < 4.78 is 0. The van der Waals surface area contributed by atoms with Crippen molar-refractivity contribution in [3.63, 3.8) is 0 Å². The van der Waals surface area contributed by atoms with Crippen LogP contribution in [0.25, 0.3) is 11.1 Å². The van der Waals surface area contributed by atoms with E-state index in [0.717, 1.165) is 27.8 Å². The van der Waals surface area contributed by atoms with E-state index < -0.39 is 6.10 Å². The van der Waals surface area contributed by atoms with E-state index >= 15 is 0 Å². The van der Waals surface area contributed by atoms with Crippen molar-refractivity contribution in [2.24, 2.45) is 0 Å². The number of aromatic hydroxyl groups is 2. The van der Waals surface area contributed by atoms with Gasteiger partial charge in [-0.1, -0.05) is 18.2 Å². The largest absolute Gasteiger partial charge is 0.508 e. The van der Waals surface area contributed by atoms with E-state index in [-0.39, 0.29) is 23.2 Å². The lowest BCUT2D eigenvalue weighted by atomic mass is 9.76. The Labute approximate surface area is 138 Å². The van der Waals surface area contributed by atoms with Crippen LogP contribution in [0.2, 0.25) is 0 Å². The lowest BCUT2D eigenvalue weighted by molar-refractivity contribution is 0.0978. The molecule has 2 aromatic carbocycles. The van der Waals surface area contributed by atoms with Crippen LogP contribution in [0.3, 0.4) is 0 Å². The average molecular weight is 320 g/mol. The van der Waals surface area contributed by atoms with E-state index in [1.54, 1.807) is 18.2 Å². The second-order valence-corrected chi connectivity index (χ2v) is 6.78. The molecule has 2 atom stereocenters. The second-order valence-electron chi connectivity index (χ2n) is 6.78. The number of aliphatic hydroxyl groups excluding tert-OH is 1. The molecule has 0 amide bonds. The van der Waals surface area contributed by atoms with Gasteiger partial charge in [0.2, 0.25) is 0 Å². The molecule has 0 aliphatic heterocycles. The molecule has 0 radical (unpaired) electrons. The van der Waals surface area contributed by atoms with E-state index in [0.29, 0.717) is 30.4 Å². The summed E-state index contributed by atoms with van der Waals surface area (Å²) in [4.78, 5) is 12.3. The lowest BCUT2D eigenvalue weighted by Gasteiger charge is -2.30. The predicted octanol–water partition coefficient (Wildman–Crippen LogP) is 3.52. The molecule has 3 N–H and O–H groups in total. The number of phenolic OH excluding ortho intramolecular Hbond substituents is 2. The molecule has 0 saturated carbocycles. The van der Waals surface area contributed by atoms with E-state index in [9.17, 15) is 20.1 Å². The third kappa shape index (κ3) is 1.54. The molecule has 2 aromatic rings. The number of hydrogen-bond donors (Lipinski definition) is 3. The van der Waals surface area contributed by atoms with Gasteiger partial charge in [-0.2, -0.15) is 0 Å². The van der Waals surface area contributed by atoms with E-state index in [4.69, 9.17) is 0 Å². The van der Waals surface area contributed by atoms with Crippen molar-refractivity contribution in [3.8, 4) is 11.5 Å². The lowest BCUT2D eigenvalue weighted by Crippen LogP contribution is -2.15. The molecule has 0 bridgehead atoms. The summed E-state index contributed by atoms with van der Waals surface area (Å²) in [5.41, 5.74) is 5.91. The van der Waals surface area contributed by atoms with E-state index in [1.165, 1.54) is 0 Å². The van der Waals surface area contributed by atoms with Gasteiger partial charge in [0.1, 0.15) is 11.5 Å². The van der Waals surface area contributed by atoms with Crippen molar-refractivity contribution >= 4 is 16.9 Å². The maximum Gasteiger partial charge on any atom is 0.167 e. The van der Waals surface area contributed by atoms with Gasteiger partial charge in [0, 0.05) is 17.9 Å². The molecule has 0 spiro atoms. The van der Waals surface area contributed by atoms with Crippen LogP contribution in [0.5, 0.6) is 11.5 Å².